The lowest BCUT2D eigenvalue weighted by Gasteiger charge is -2.30. The van der Waals surface area contributed by atoms with Crippen molar-refractivity contribution >= 4 is 0 Å². The van der Waals surface area contributed by atoms with Crippen LogP contribution in [0.2, 0.25) is 0 Å². The van der Waals surface area contributed by atoms with E-state index in [4.69, 9.17) is 5.26 Å². The Hall–Kier alpha value is -0.590. The molecule has 0 radical (unpaired) electrons. The van der Waals surface area contributed by atoms with Crippen molar-refractivity contribution in [3.63, 3.8) is 0 Å². The molecule has 3 heteroatoms. The zero-order valence-corrected chi connectivity index (χ0v) is 10.5. The quantitative estimate of drug-likeness (QED) is 0.732. The van der Waals surface area contributed by atoms with E-state index in [1.807, 2.05) is 6.92 Å². The highest BCUT2D eigenvalue weighted by molar-refractivity contribution is 4.77. The van der Waals surface area contributed by atoms with Gasteiger partial charge in [-0.05, 0) is 11.8 Å². The summed E-state index contributed by atoms with van der Waals surface area (Å²) in [6, 6.07) is 2.15. The number of nitriles is 1. The molecule has 0 heterocycles. The maximum absolute atomic E-state index is 9.60. The van der Waals surface area contributed by atoms with Gasteiger partial charge in [-0.25, -0.2) is 0 Å². The molecule has 1 unspecified atom stereocenters. The Balaban J connectivity index is 4.13. The van der Waals surface area contributed by atoms with Gasteiger partial charge in [0.05, 0.1) is 12.2 Å². The topological polar surface area (TPSA) is 47.3 Å². The highest BCUT2D eigenvalue weighted by Gasteiger charge is 2.17. The molecule has 15 heavy (non-hydrogen) atoms. The standard InChI is InChI=1S/C12H24N2O/c1-5-11(15)9-14(8-6-7-13)10-12(2,3)4/h11,15H,5-6,8-10H2,1-4H3. The molecule has 0 aliphatic rings. The second-order valence-corrected chi connectivity index (χ2v) is 5.27. The second kappa shape index (κ2) is 6.81. The Morgan fingerprint density at radius 3 is 2.40 bits per heavy atom. The maximum Gasteiger partial charge on any atom is 0.0664 e. The third-order valence-corrected chi connectivity index (χ3v) is 2.18. The average Bonchev–Trinajstić information content (AvgIpc) is 2.11. The SMILES string of the molecule is CCC(O)CN(CCC#N)CC(C)(C)C. The number of hydrogen-bond acceptors (Lipinski definition) is 3. The first-order chi connectivity index (χ1) is 6.89. The Kier molecular flexibility index (Phi) is 6.55. The summed E-state index contributed by atoms with van der Waals surface area (Å²) in [6.45, 7) is 10.8. The molecular formula is C12H24N2O. The molecule has 0 rings (SSSR count). The Morgan fingerprint density at radius 1 is 1.40 bits per heavy atom. The van der Waals surface area contributed by atoms with Crippen LogP contribution in [0.5, 0.6) is 0 Å². The highest BCUT2D eigenvalue weighted by Crippen LogP contribution is 2.15. The number of hydrogen-bond donors (Lipinski definition) is 1. The summed E-state index contributed by atoms with van der Waals surface area (Å²) in [5.41, 5.74) is 0.211. The first-order valence-electron chi connectivity index (χ1n) is 5.66. The van der Waals surface area contributed by atoms with E-state index in [0.717, 1.165) is 19.5 Å². The van der Waals surface area contributed by atoms with Crippen LogP contribution < -0.4 is 0 Å². The average molecular weight is 212 g/mol. The third kappa shape index (κ3) is 8.41. The van der Waals surface area contributed by atoms with Gasteiger partial charge in [0.25, 0.3) is 0 Å². The van der Waals surface area contributed by atoms with Gasteiger partial charge in [-0.1, -0.05) is 27.7 Å². The first-order valence-corrected chi connectivity index (χ1v) is 5.66. The molecule has 0 bridgehead atoms. The van der Waals surface area contributed by atoms with Crippen LogP contribution in [0, 0.1) is 16.7 Å². The fourth-order valence-electron chi connectivity index (χ4n) is 1.54. The summed E-state index contributed by atoms with van der Waals surface area (Å²) < 4.78 is 0. The van der Waals surface area contributed by atoms with Crippen molar-refractivity contribution in [1.82, 2.24) is 4.90 Å². The third-order valence-electron chi connectivity index (χ3n) is 2.18. The predicted octanol–water partition coefficient (Wildman–Crippen LogP) is 2.02. The molecule has 1 atom stereocenters. The van der Waals surface area contributed by atoms with Crippen molar-refractivity contribution in [3.05, 3.63) is 0 Å². The number of aliphatic hydroxyl groups excluding tert-OH is 1. The molecule has 0 aliphatic heterocycles. The van der Waals surface area contributed by atoms with Crippen LogP contribution >= 0.6 is 0 Å². The van der Waals surface area contributed by atoms with Gasteiger partial charge in [0, 0.05) is 26.1 Å². The van der Waals surface area contributed by atoms with Crippen molar-refractivity contribution in [2.75, 3.05) is 19.6 Å². The van der Waals surface area contributed by atoms with E-state index in [9.17, 15) is 5.11 Å². The Morgan fingerprint density at radius 2 is 2.00 bits per heavy atom. The Bertz CT molecular complexity index is 203. The molecule has 88 valence electrons. The minimum Gasteiger partial charge on any atom is -0.392 e. The monoisotopic (exact) mass is 212 g/mol. The molecule has 0 aromatic carbocycles. The number of aliphatic hydroxyl groups is 1. The van der Waals surface area contributed by atoms with Gasteiger partial charge in [0.2, 0.25) is 0 Å². The maximum atomic E-state index is 9.60. The minimum absolute atomic E-state index is 0.211. The van der Waals surface area contributed by atoms with E-state index in [1.165, 1.54) is 0 Å². The lowest BCUT2D eigenvalue weighted by atomic mass is 9.95. The van der Waals surface area contributed by atoms with E-state index >= 15 is 0 Å². The normalized spacial score (nSPS) is 13.9. The summed E-state index contributed by atoms with van der Waals surface area (Å²) in [6.07, 6.45) is 1.03. The van der Waals surface area contributed by atoms with Crippen molar-refractivity contribution in [1.29, 1.82) is 5.26 Å². The zero-order chi connectivity index (χ0) is 11.9. The smallest absolute Gasteiger partial charge is 0.0664 e. The van der Waals surface area contributed by atoms with Crippen LogP contribution in [-0.2, 0) is 0 Å². The lowest BCUT2D eigenvalue weighted by molar-refractivity contribution is 0.0906. The van der Waals surface area contributed by atoms with Crippen molar-refractivity contribution in [2.24, 2.45) is 5.41 Å². The molecule has 0 aliphatic carbocycles. The molecule has 0 aromatic rings. The van der Waals surface area contributed by atoms with E-state index in [0.29, 0.717) is 13.0 Å². The molecule has 0 spiro atoms. The van der Waals surface area contributed by atoms with Crippen LogP contribution in [-0.4, -0.2) is 35.7 Å². The molecular weight excluding hydrogens is 188 g/mol. The van der Waals surface area contributed by atoms with Gasteiger partial charge in [-0.15, -0.1) is 0 Å². The van der Waals surface area contributed by atoms with Crippen LogP contribution in [0.15, 0.2) is 0 Å². The molecule has 0 amide bonds. The van der Waals surface area contributed by atoms with Gasteiger partial charge in [-0.3, -0.25) is 4.90 Å². The van der Waals surface area contributed by atoms with E-state index in [2.05, 4.69) is 31.7 Å². The largest absolute Gasteiger partial charge is 0.392 e. The van der Waals surface area contributed by atoms with Crippen molar-refractivity contribution in [3.8, 4) is 6.07 Å². The van der Waals surface area contributed by atoms with Crippen LogP contribution in [0.1, 0.15) is 40.5 Å². The first kappa shape index (κ1) is 14.4. The lowest BCUT2D eigenvalue weighted by Crippen LogP contribution is -2.38. The number of rotatable bonds is 6. The Labute approximate surface area is 93.7 Å². The summed E-state index contributed by atoms with van der Waals surface area (Å²) in [4.78, 5) is 2.18. The molecule has 1 N–H and O–H groups in total. The minimum atomic E-state index is -0.272. The van der Waals surface area contributed by atoms with Crippen LogP contribution in [0.3, 0.4) is 0 Å². The molecule has 0 saturated carbocycles. The zero-order valence-electron chi connectivity index (χ0n) is 10.5. The molecule has 3 nitrogen and oxygen atoms in total. The van der Waals surface area contributed by atoms with Crippen LogP contribution in [0.25, 0.3) is 0 Å². The van der Waals surface area contributed by atoms with Crippen LogP contribution in [0.4, 0.5) is 0 Å². The molecule has 0 saturated heterocycles. The number of nitrogens with zero attached hydrogens (tertiary/aromatic N) is 2. The van der Waals surface area contributed by atoms with Crippen molar-refractivity contribution < 1.29 is 5.11 Å². The molecule has 0 aromatic heterocycles. The van der Waals surface area contributed by atoms with E-state index in [-0.39, 0.29) is 11.5 Å². The predicted molar refractivity (Wildman–Crippen MR) is 62.4 cm³/mol. The summed E-state index contributed by atoms with van der Waals surface area (Å²) in [5.74, 6) is 0. The summed E-state index contributed by atoms with van der Waals surface area (Å²) in [5, 5.41) is 18.2. The van der Waals surface area contributed by atoms with Gasteiger partial charge < -0.3 is 5.11 Å². The van der Waals surface area contributed by atoms with Crippen molar-refractivity contribution in [2.45, 2.75) is 46.6 Å². The highest BCUT2D eigenvalue weighted by atomic mass is 16.3. The fourth-order valence-corrected chi connectivity index (χ4v) is 1.54. The second-order valence-electron chi connectivity index (χ2n) is 5.27. The summed E-state index contributed by atoms with van der Waals surface area (Å²) in [7, 11) is 0. The molecule has 0 fully saturated rings. The van der Waals surface area contributed by atoms with Gasteiger partial charge in [0.15, 0.2) is 0 Å². The van der Waals surface area contributed by atoms with Gasteiger partial charge in [0.1, 0.15) is 0 Å². The van der Waals surface area contributed by atoms with E-state index < -0.39 is 0 Å². The van der Waals surface area contributed by atoms with Gasteiger partial charge >= 0.3 is 0 Å². The fraction of sp³-hybridized carbons (Fsp3) is 0.917. The summed E-state index contributed by atoms with van der Waals surface area (Å²) >= 11 is 0. The van der Waals surface area contributed by atoms with Gasteiger partial charge in [-0.2, -0.15) is 5.26 Å². The van der Waals surface area contributed by atoms with E-state index in [1.54, 1.807) is 0 Å².